The van der Waals surface area contributed by atoms with Crippen LogP contribution in [0.5, 0.6) is 0 Å². The molecule has 7 heteroatoms. The Morgan fingerprint density at radius 3 is 2.69 bits per heavy atom. The van der Waals surface area contributed by atoms with E-state index in [-0.39, 0.29) is 18.1 Å². The number of carboxylic acid groups (broad SMARTS) is 1. The number of aromatic nitrogens is 1. The summed E-state index contributed by atoms with van der Waals surface area (Å²) in [7, 11) is 0. The first-order valence-electron chi connectivity index (χ1n) is 4.55. The molecule has 1 aromatic rings. The maximum atomic E-state index is 10.8. The molecular formula is C9H13N3O4. The summed E-state index contributed by atoms with van der Waals surface area (Å²) in [5.41, 5.74) is 4.22. The Hall–Kier alpha value is -2.05. The van der Waals surface area contributed by atoms with E-state index >= 15 is 0 Å². The van der Waals surface area contributed by atoms with Crippen molar-refractivity contribution in [3.63, 3.8) is 0 Å². The van der Waals surface area contributed by atoms with Crippen molar-refractivity contribution in [1.82, 2.24) is 4.98 Å². The highest BCUT2D eigenvalue weighted by atomic mass is 16.4. The number of amides is 1. The fourth-order valence-electron chi connectivity index (χ4n) is 1.20. The molecule has 0 atom stereocenters. The zero-order valence-corrected chi connectivity index (χ0v) is 8.98. The number of hydrogen-bond donors (Lipinski definition) is 3. The topological polar surface area (TPSA) is 118 Å². The second kappa shape index (κ2) is 4.21. The van der Waals surface area contributed by atoms with Crippen molar-refractivity contribution in [2.75, 3.05) is 5.32 Å². The summed E-state index contributed by atoms with van der Waals surface area (Å²) in [6.45, 7) is 3.45. The molecule has 0 aliphatic carbocycles. The molecule has 0 radical (unpaired) electrons. The number of rotatable bonds is 5. The molecule has 0 spiro atoms. The summed E-state index contributed by atoms with van der Waals surface area (Å²) in [5.74, 6) is -1.65. The van der Waals surface area contributed by atoms with E-state index in [1.54, 1.807) is 13.8 Å². The molecule has 0 unspecified atom stereocenters. The second-order valence-electron chi connectivity index (χ2n) is 4.00. The minimum atomic E-state index is -1.18. The van der Waals surface area contributed by atoms with Crippen LogP contribution in [0.3, 0.4) is 0 Å². The minimum Gasteiger partial charge on any atom is -0.476 e. The number of oxazole rings is 1. The van der Waals surface area contributed by atoms with Crippen LogP contribution in [-0.4, -0.2) is 27.5 Å². The monoisotopic (exact) mass is 227 g/mol. The molecule has 7 nitrogen and oxygen atoms in total. The van der Waals surface area contributed by atoms with Gasteiger partial charge < -0.3 is 20.6 Å². The largest absolute Gasteiger partial charge is 0.476 e. The number of aromatic carboxylic acids is 1. The number of carbonyl (C=O) groups is 2. The van der Waals surface area contributed by atoms with E-state index in [4.69, 9.17) is 15.3 Å². The van der Waals surface area contributed by atoms with Gasteiger partial charge in [-0.15, -0.1) is 0 Å². The molecule has 0 aromatic carbocycles. The summed E-state index contributed by atoms with van der Waals surface area (Å²) in [6.07, 6.45) is 1.10. The molecule has 0 aliphatic heterocycles. The number of nitrogens with two attached hydrogens (primary N) is 1. The van der Waals surface area contributed by atoms with Crippen LogP contribution in [0.1, 0.15) is 30.8 Å². The van der Waals surface area contributed by atoms with Crippen LogP contribution in [0, 0.1) is 0 Å². The van der Waals surface area contributed by atoms with Crippen LogP contribution < -0.4 is 11.1 Å². The van der Waals surface area contributed by atoms with Crippen LogP contribution in [-0.2, 0) is 4.79 Å². The van der Waals surface area contributed by atoms with Gasteiger partial charge in [-0.2, -0.15) is 4.98 Å². The maximum absolute atomic E-state index is 10.8. The first kappa shape index (κ1) is 12.0. The molecule has 0 fully saturated rings. The standard InChI is InChI=1S/C9H13N3O4/c1-9(2,3-6(10)13)12-8-11-5(4-16-8)7(14)15/h4H,3H2,1-2H3,(H2,10,13)(H,11,12)(H,14,15). The number of primary amides is 1. The third-order valence-corrected chi connectivity index (χ3v) is 1.78. The quantitative estimate of drug-likeness (QED) is 0.671. The van der Waals surface area contributed by atoms with Gasteiger partial charge in [0, 0.05) is 12.0 Å². The van der Waals surface area contributed by atoms with Gasteiger partial charge in [-0.1, -0.05) is 0 Å². The molecule has 1 aromatic heterocycles. The maximum Gasteiger partial charge on any atom is 0.357 e. The molecule has 88 valence electrons. The first-order chi connectivity index (χ1) is 7.30. The highest BCUT2D eigenvalue weighted by molar-refractivity contribution is 5.85. The van der Waals surface area contributed by atoms with E-state index in [9.17, 15) is 9.59 Å². The minimum absolute atomic E-state index is 0.0450. The van der Waals surface area contributed by atoms with E-state index in [1.807, 2.05) is 0 Å². The lowest BCUT2D eigenvalue weighted by Crippen LogP contribution is -2.36. The van der Waals surface area contributed by atoms with Gasteiger partial charge >= 0.3 is 5.97 Å². The number of nitrogens with one attached hydrogen (secondary N) is 1. The Labute approximate surface area is 91.6 Å². The van der Waals surface area contributed by atoms with Crippen molar-refractivity contribution in [3.05, 3.63) is 12.0 Å². The number of hydrogen-bond acceptors (Lipinski definition) is 5. The third kappa shape index (κ3) is 3.26. The average Bonchev–Trinajstić information content (AvgIpc) is 2.48. The highest BCUT2D eigenvalue weighted by Gasteiger charge is 2.23. The van der Waals surface area contributed by atoms with Gasteiger partial charge in [0.1, 0.15) is 6.26 Å². The number of carbonyl (C=O) groups excluding carboxylic acids is 1. The first-order valence-corrected chi connectivity index (χ1v) is 4.55. The fraction of sp³-hybridized carbons (Fsp3) is 0.444. The van der Waals surface area contributed by atoms with Gasteiger partial charge in [0.2, 0.25) is 5.91 Å². The third-order valence-electron chi connectivity index (χ3n) is 1.78. The summed E-state index contributed by atoms with van der Waals surface area (Å²) < 4.78 is 4.89. The predicted molar refractivity (Wildman–Crippen MR) is 55.0 cm³/mol. The van der Waals surface area contributed by atoms with E-state index in [2.05, 4.69) is 10.3 Å². The van der Waals surface area contributed by atoms with Crippen molar-refractivity contribution in [2.24, 2.45) is 5.73 Å². The summed E-state index contributed by atoms with van der Waals surface area (Å²) in [5, 5.41) is 11.4. The van der Waals surface area contributed by atoms with Crippen molar-refractivity contribution >= 4 is 17.9 Å². The van der Waals surface area contributed by atoms with Crippen LogP contribution in [0.15, 0.2) is 10.7 Å². The van der Waals surface area contributed by atoms with Crippen LogP contribution >= 0.6 is 0 Å². The van der Waals surface area contributed by atoms with Crippen LogP contribution in [0.2, 0.25) is 0 Å². The lowest BCUT2D eigenvalue weighted by molar-refractivity contribution is -0.118. The molecule has 1 amide bonds. The Morgan fingerprint density at radius 2 is 2.25 bits per heavy atom. The zero-order valence-electron chi connectivity index (χ0n) is 8.98. The van der Waals surface area contributed by atoms with Crippen molar-refractivity contribution < 1.29 is 19.1 Å². The molecular weight excluding hydrogens is 214 g/mol. The van der Waals surface area contributed by atoms with Gasteiger partial charge in [-0.3, -0.25) is 4.79 Å². The zero-order chi connectivity index (χ0) is 12.3. The van der Waals surface area contributed by atoms with E-state index in [1.165, 1.54) is 0 Å². The SMILES string of the molecule is CC(C)(CC(N)=O)Nc1nc(C(=O)O)co1. The van der Waals surface area contributed by atoms with Gasteiger partial charge in [-0.25, -0.2) is 4.79 Å². The molecule has 0 saturated carbocycles. The average molecular weight is 227 g/mol. The molecule has 0 aliphatic rings. The normalized spacial score (nSPS) is 11.1. The molecule has 1 heterocycles. The van der Waals surface area contributed by atoms with Crippen LogP contribution in [0.4, 0.5) is 6.01 Å². The van der Waals surface area contributed by atoms with E-state index < -0.39 is 17.4 Å². The summed E-state index contributed by atoms with van der Waals surface area (Å²) >= 11 is 0. The second-order valence-corrected chi connectivity index (χ2v) is 4.00. The smallest absolute Gasteiger partial charge is 0.357 e. The van der Waals surface area contributed by atoms with Crippen molar-refractivity contribution in [1.29, 1.82) is 0 Å². The van der Waals surface area contributed by atoms with Gasteiger partial charge in [0.05, 0.1) is 0 Å². The van der Waals surface area contributed by atoms with E-state index in [0.717, 1.165) is 6.26 Å². The Bertz CT molecular complexity index is 411. The molecule has 0 bridgehead atoms. The lowest BCUT2D eigenvalue weighted by Gasteiger charge is -2.23. The predicted octanol–water partition coefficient (Wildman–Crippen LogP) is 0.439. The van der Waals surface area contributed by atoms with Gasteiger partial charge in [0.25, 0.3) is 6.01 Å². The molecule has 16 heavy (non-hydrogen) atoms. The van der Waals surface area contributed by atoms with Crippen LogP contribution in [0.25, 0.3) is 0 Å². The summed E-state index contributed by atoms with van der Waals surface area (Å²) in [4.78, 5) is 25.0. The van der Waals surface area contributed by atoms with Crippen molar-refractivity contribution in [2.45, 2.75) is 25.8 Å². The molecule has 4 N–H and O–H groups in total. The Balaban J connectivity index is 2.72. The van der Waals surface area contributed by atoms with Gasteiger partial charge in [0.15, 0.2) is 5.69 Å². The number of anilines is 1. The highest BCUT2D eigenvalue weighted by Crippen LogP contribution is 2.17. The summed E-state index contributed by atoms with van der Waals surface area (Å²) in [6, 6.07) is 0.0450. The lowest BCUT2D eigenvalue weighted by atomic mass is 10.0. The molecule has 0 saturated heterocycles. The Kier molecular flexibility index (Phi) is 3.17. The van der Waals surface area contributed by atoms with Gasteiger partial charge in [-0.05, 0) is 13.8 Å². The molecule has 1 rings (SSSR count). The number of carboxylic acids is 1. The van der Waals surface area contributed by atoms with E-state index in [0.29, 0.717) is 0 Å². The number of nitrogens with zero attached hydrogens (tertiary/aromatic N) is 1. The van der Waals surface area contributed by atoms with Crippen molar-refractivity contribution in [3.8, 4) is 0 Å². The Morgan fingerprint density at radius 1 is 1.62 bits per heavy atom. The fourth-order valence-corrected chi connectivity index (χ4v) is 1.20.